The number of allylic oxidation sites excluding steroid dienone is 1. The van der Waals surface area contributed by atoms with Gasteiger partial charge in [0.15, 0.2) is 0 Å². The summed E-state index contributed by atoms with van der Waals surface area (Å²) in [4.78, 5) is 0. The van der Waals surface area contributed by atoms with Crippen LogP contribution in [0, 0.1) is 5.92 Å². The molecule has 1 rings (SSSR count). The van der Waals surface area contributed by atoms with Gasteiger partial charge in [-0.3, -0.25) is 0 Å². The van der Waals surface area contributed by atoms with Crippen molar-refractivity contribution in [2.24, 2.45) is 11.7 Å². The van der Waals surface area contributed by atoms with Gasteiger partial charge in [-0.2, -0.15) is 0 Å². The second-order valence-corrected chi connectivity index (χ2v) is 2.59. The first-order valence-corrected chi connectivity index (χ1v) is 3.19. The van der Waals surface area contributed by atoms with Crippen LogP contribution in [0.1, 0.15) is 19.3 Å². The van der Waals surface area contributed by atoms with Crippen molar-refractivity contribution in [2.45, 2.75) is 19.3 Å². The topological polar surface area (TPSA) is 26.0 Å². The van der Waals surface area contributed by atoms with E-state index in [1.54, 1.807) is 0 Å². The second-order valence-electron chi connectivity index (χ2n) is 2.59. The Labute approximate surface area is 50.6 Å². The molecule has 1 fully saturated rings. The Kier molecular flexibility index (Phi) is 1.69. The van der Waals surface area contributed by atoms with E-state index >= 15 is 0 Å². The quantitative estimate of drug-likeness (QED) is 0.507. The van der Waals surface area contributed by atoms with Gasteiger partial charge in [0, 0.05) is 0 Å². The SMILES string of the molecule is C=C1CCC(CN)C1. The molecule has 1 unspecified atom stereocenters. The largest absolute Gasteiger partial charge is 0.330 e. The Hall–Kier alpha value is -0.300. The van der Waals surface area contributed by atoms with E-state index in [4.69, 9.17) is 5.73 Å². The molecule has 1 atom stereocenters. The fourth-order valence-corrected chi connectivity index (χ4v) is 1.22. The van der Waals surface area contributed by atoms with E-state index in [9.17, 15) is 0 Å². The van der Waals surface area contributed by atoms with Crippen LogP contribution in [0.5, 0.6) is 0 Å². The van der Waals surface area contributed by atoms with Gasteiger partial charge in [0.25, 0.3) is 0 Å². The van der Waals surface area contributed by atoms with Crippen molar-refractivity contribution in [1.82, 2.24) is 0 Å². The smallest absolute Gasteiger partial charge is 0.00457 e. The van der Waals surface area contributed by atoms with Crippen LogP contribution in [0.3, 0.4) is 0 Å². The average Bonchev–Trinajstić information content (AvgIpc) is 2.14. The van der Waals surface area contributed by atoms with Gasteiger partial charge in [0.2, 0.25) is 0 Å². The average molecular weight is 111 g/mol. The molecule has 0 aliphatic heterocycles. The van der Waals surface area contributed by atoms with E-state index in [1.807, 2.05) is 0 Å². The van der Waals surface area contributed by atoms with Gasteiger partial charge in [-0.05, 0) is 31.7 Å². The standard InChI is InChI=1S/C7H13N/c1-6-2-3-7(4-6)5-8/h7H,1-5,8H2. The van der Waals surface area contributed by atoms with Crippen molar-refractivity contribution >= 4 is 0 Å². The van der Waals surface area contributed by atoms with E-state index in [2.05, 4.69) is 6.58 Å². The minimum atomic E-state index is 0.752. The molecule has 1 saturated carbocycles. The summed E-state index contributed by atoms with van der Waals surface area (Å²) in [6.45, 7) is 4.74. The van der Waals surface area contributed by atoms with Crippen LogP contribution < -0.4 is 5.73 Å². The highest BCUT2D eigenvalue weighted by atomic mass is 14.6. The summed E-state index contributed by atoms with van der Waals surface area (Å²) >= 11 is 0. The first-order valence-electron chi connectivity index (χ1n) is 3.19. The molecule has 0 bridgehead atoms. The van der Waals surface area contributed by atoms with Gasteiger partial charge in [0.05, 0.1) is 0 Å². The van der Waals surface area contributed by atoms with Crippen LogP contribution in [0.2, 0.25) is 0 Å². The molecule has 1 aliphatic carbocycles. The normalized spacial score (nSPS) is 29.1. The zero-order valence-electron chi connectivity index (χ0n) is 5.19. The molecule has 46 valence electrons. The van der Waals surface area contributed by atoms with E-state index in [-0.39, 0.29) is 0 Å². The molecule has 2 N–H and O–H groups in total. The Morgan fingerprint density at radius 3 is 2.75 bits per heavy atom. The zero-order chi connectivity index (χ0) is 5.98. The summed E-state index contributed by atoms with van der Waals surface area (Å²) in [6.07, 6.45) is 3.66. The van der Waals surface area contributed by atoms with E-state index in [0.717, 1.165) is 12.5 Å². The molecule has 0 amide bonds. The Balaban J connectivity index is 2.32. The number of hydrogen-bond acceptors (Lipinski definition) is 1. The lowest BCUT2D eigenvalue weighted by atomic mass is 10.1. The lowest BCUT2D eigenvalue weighted by Gasteiger charge is -2.00. The predicted octanol–water partition coefficient (Wildman–Crippen LogP) is 1.30. The highest BCUT2D eigenvalue weighted by Gasteiger charge is 2.15. The first-order chi connectivity index (χ1) is 3.83. The van der Waals surface area contributed by atoms with Crippen LogP contribution in [-0.4, -0.2) is 6.54 Å². The third-order valence-electron chi connectivity index (χ3n) is 1.82. The van der Waals surface area contributed by atoms with Gasteiger partial charge >= 0.3 is 0 Å². The Morgan fingerprint density at radius 2 is 2.50 bits per heavy atom. The summed E-state index contributed by atoms with van der Waals surface area (Å²) in [6, 6.07) is 0. The summed E-state index contributed by atoms with van der Waals surface area (Å²) in [5.41, 5.74) is 6.84. The Bertz CT molecular complexity index is 96.6. The molecule has 1 heteroatoms. The van der Waals surface area contributed by atoms with E-state index < -0.39 is 0 Å². The predicted molar refractivity (Wildman–Crippen MR) is 35.5 cm³/mol. The second kappa shape index (κ2) is 2.31. The number of nitrogens with two attached hydrogens (primary N) is 1. The van der Waals surface area contributed by atoms with Gasteiger partial charge in [-0.15, -0.1) is 0 Å². The first kappa shape index (κ1) is 5.83. The van der Waals surface area contributed by atoms with E-state index in [0.29, 0.717) is 0 Å². The van der Waals surface area contributed by atoms with Crippen LogP contribution in [0.4, 0.5) is 0 Å². The summed E-state index contributed by atoms with van der Waals surface area (Å²) in [5, 5.41) is 0. The molecular weight excluding hydrogens is 98.1 g/mol. The van der Waals surface area contributed by atoms with Gasteiger partial charge in [-0.25, -0.2) is 0 Å². The van der Waals surface area contributed by atoms with Crippen molar-refractivity contribution in [3.8, 4) is 0 Å². The summed E-state index contributed by atoms with van der Waals surface area (Å²) in [5.74, 6) is 0.752. The summed E-state index contributed by atoms with van der Waals surface area (Å²) in [7, 11) is 0. The minimum absolute atomic E-state index is 0.752. The van der Waals surface area contributed by atoms with Crippen LogP contribution in [0.25, 0.3) is 0 Å². The molecule has 0 aromatic carbocycles. The maximum atomic E-state index is 5.45. The molecule has 0 heterocycles. The molecule has 0 spiro atoms. The fraction of sp³-hybridized carbons (Fsp3) is 0.714. The highest BCUT2D eigenvalue weighted by molar-refractivity contribution is 5.02. The maximum absolute atomic E-state index is 5.45. The third kappa shape index (κ3) is 1.10. The molecular formula is C7H13N. The Morgan fingerprint density at radius 1 is 1.75 bits per heavy atom. The van der Waals surface area contributed by atoms with Crippen LogP contribution in [0.15, 0.2) is 12.2 Å². The van der Waals surface area contributed by atoms with Gasteiger partial charge in [0.1, 0.15) is 0 Å². The summed E-state index contributed by atoms with van der Waals surface area (Å²) < 4.78 is 0. The van der Waals surface area contributed by atoms with Crippen molar-refractivity contribution in [3.63, 3.8) is 0 Å². The molecule has 1 aliphatic rings. The zero-order valence-corrected chi connectivity index (χ0v) is 5.19. The van der Waals surface area contributed by atoms with Crippen molar-refractivity contribution in [2.75, 3.05) is 6.54 Å². The fourth-order valence-electron chi connectivity index (χ4n) is 1.22. The molecule has 0 radical (unpaired) electrons. The molecule has 1 nitrogen and oxygen atoms in total. The minimum Gasteiger partial charge on any atom is -0.330 e. The number of hydrogen-bond donors (Lipinski definition) is 1. The third-order valence-corrected chi connectivity index (χ3v) is 1.82. The van der Waals surface area contributed by atoms with Crippen molar-refractivity contribution in [3.05, 3.63) is 12.2 Å². The van der Waals surface area contributed by atoms with Crippen LogP contribution >= 0.6 is 0 Å². The van der Waals surface area contributed by atoms with Crippen LogP contribution in [-0.2, 0) is 0 Å². The van der Waals surface area contributed by atoms with Crippen molar-refractivity contribution < 1.29 is 0 Å². The van der Waals surface area contributed by atoms with Crippen molar-refractivity contribution in [1.29, 1.82) is 0 Å². The molecule has 0 aromatic heterocycles. The van der Waals surface area contributed by atoms with Gasteiger partial charge < -0.3 is 5.73 Å². The molecule has 0 aromatic rings. The van der Waals surface area contributed by atoms with E-state index in [1.165, 1.54) is 24.8 Å². The lowest BCUT2D eigenvalue weighted by molar-refractivity contribution is 0.569. The lowest BCUT2D eigenvalue weighted by Crippen LogP contribution is -2.09. The molecule has 0 saturated heterocycles. The maximum Gasteiger partial charge on any atom is -0.00457 e. The number of rotatable bonds is 1. The molecule has 8 heavy (non-hydrogen) atoms. The van der Waals surface area contributed by atoms with Gasteiger partial charge in [-0.1, -0.05) is 12.2 Å². The highest BCUT2D eigenvalue weighted by Crippen LogP contribution is 2.27. The monoisotopic (exact) mass is 111 g/mol.